The van der Waals surface area contributed by atoms with E-state index in [2.05, 4.69) is 22.5 Å². The minimum atomic E-state index is -0.694. The molecule has 3 aromatic carbocycles. The molecule has 1 N–H and O–H groups in total. The van der Waals surface area contributed by atoms with Crippen LogP contribution in [-0.4, -0.2) is 54.9 Å². The molecule has 0 radical (unpaired) electrons. The number of methoxy groups -OCH3 is 1. The fourth-order valence-electron chi connectivity index (χ4n) is 4.45. The molecule has 0 saturated carbocycles. The Balaban J connectivity index is 1.37. The molecule has 8 nitrogen and oxygen atoms in total. The SMILES string of the molecule is COc1ccc(CCN2CCCC(N(NC(=O)OCc3ccccc3)C(=O)OCc3ccccc3)C2)cc1. The zero-order valence-corrected chi connectivity index (χ0v) is 21.8. The fraction of sp³-hybridized carbons (Fsp3) is 0.333. The number of likely N-dealkylation sites (tertiary alicyclic amines) is 1. The van der Waals surface area contributed by atoms with Gasteiger partial charge in [-0.25, -0.2) is 20.0 Å². The van der Waals surface area contributed by atoms with Gasteiger partial charge in [0.25, 0.3) is 0 Å². The number of nitrogens with zero attached hydrogens (tertiary/aromatic N) is 2. The van der Waals surface area contributed by atoms with Crippen molar-refractivity contribution in [2.24, 2.45) is 0 Å². The third-order valence-corrected chi connectivity index (χ3v) is 6.55. The highest BCUT2D eigenvalue weighted by atomic mass is 16.6. The predicted molar refractivity (Wildman–Crippen MR) is 144 cm³/mol. The van der Waals surface area contributed by atoms with Crippen LogP contribution < -0.4 is 10.2 Å². The summed E-state index contributed by atoms with van der Waals surface area (Å²) in [5, 5.41) is 1.30. The molecule has 1 saturated heterocycles. The van der Waals surface area contributed by atoms with Crippen molar-refractivity contribution in [3.63, 3.8) is 0 Å². The van der Waals surface area contributed by atoms with Crippen molar-refractivity contribution in [1.29, 1.82) is 0 Å². The Morgan fingerprint density at radius 2 is 1.50 bits per heavy atom. The third kappa shape index (κ3) is 8.24. The maximum absolute atomic E-state index is 13.2. The van der Waals surface area contributed by atoms with Crippen LogP contribution in [0, 0.1) is 0 Å². The van der Waals surface area contributed by atoms with E-state index in [9.17, 15) is 9.59 Å². The van der Waals surface area contributed by atoms with Gasteiger partial charge in [-0.3, -0.25) is 0 Å². The minimum absolute atomic E-state index is 0.109. The molecule has 1 aliphatic heterocycles. The molecule has 0 spiro atoms. The van der Waals surface area contributed by atoms with E-state index in [0.29, 0.717) is 6.54 Å². The Kier molecular flexibility index (Phi) is 9.98. The van der Waals surface area contributed by atoms with E-state index in [1.54, 1.807) is 7.11 Å². The van der Waals surface area contributed by atoms with E-state index in [4.69, 9.17) is 14.2 Å². The second kappa shape index (κ2) is 14.0. The number of carbonyl (C=O) groups is 2. The topological polar surface area (TPSA) is 80.3 Å². The highest BCUT2D eigenvalue weighted by molar-refractivity contribution is 5.74. The first kappa shape index (κ1) is 27.0. The van der Waals surface area contributed by atoms with Crippen molar-refractivity contribution in [2.75, 3.05) is 26.7 Å². The number of benzene rings is 3. The zero-order valence-electron chi connectivity index (χ0n) is 21.8. The molecular weight excluding hydrogens is 482 g/mol. The second-order valence-corrected chi connectivity index (χ2v) is 9.28. The standard InChI is InChI=1S/C30H35N3O5/c1-36-28-16-14-24(15-17-28)18-20-32-19-8-13-27(21-32)33(30(35)38-23-26-11-6-3-7-12-26)31-29(34)37-22-25-9-4-2-5-10-25/h2-7,9-12,14-17,27H,8,13,18-23H2,1H3,(H,31,34). The minimum Gasteiger partial charge on any atom is -0.497 e. The van der Waals surface area contributed by atoms with Crippen molar-refractivity contribution in [3.8, 4) is 5.75 Å². The van der Waals surface area contributed by atoms with Crippen molar-refractivity contribution < 1.29 is 23.8 Å². The van der Waals surface area contributed by atoms with Gasteiger partial charge in [-0.15, -0.1) is 0 Å². The molecule has 2 amide bonds. The number of rotatable bonds is 9. The van der Waals surface area contributed by atoms with E-state index in [1.165, 1.54) is 10.6 Å². The number of amides is 2. The summed E-state index contributed by atoms with van der Waals surface area (Å²) in [4.78, 5) is 28.2. The van der Waals surface area contributed by atoms with Crippen LogP contribution in [0.1, 0.15) is 29.5 Å². The summed E-state index contributed by atoms with van der Waals surface area (Å²) in [6, 6.07) is 26.7. The molecule has 1 unspecified atom stereocenters. The molecular formula is C30H35N3O5. The van der Waals surface area contributed by atoms with Gasteiger partial charge in [0.15, 0.2) is 0 Å². The first-order valence-electron chi connectivity index (χ1n) is 12.9. The summed E-state index contributed by atoms with van der Waals surface area (Å²) < 4.78 is 16.2. The van der Waals surface area contributed by atoms with Gasteiger partial charge < -0.3 is 19.1 Å². The van der Waals surface area contributed by atoms with Crippen LogP contribution in [0.2, 0.25) is 0 Å². The largest absolute Gasteiger partial charge is 0.497 e. The van der Waals surface area contributed by atoms with E-state index in [0.717, 1.165) is 49.2 Å². The first-order chi connectivity index (χ1) is 18.6. The van der Waals surface area contributed by atoms with Crippen LogP contribution >= 0.6 is 0 Å². The quantitative estimate of drug-likeness (QED) is 0.394. The van der Waals surface area contributed by atoms with E-state index in [-0.39, 0.29) is 19.3 Å². The third-order valence-electron chi connectivity index (χ3n) is 6.55. The van der Waals surface area contributed by atoms with Gasteiger partial charge >= 0.3 is 12.2 Å². The van der Waals surface area contributed by atoms with E-state index < -0.39 is 12.2 Å². The van der Waals surface area contributed by atoms with Crippen LogP contribution in [-0.2, 0) is 29.1 Å². The Morgan fingerprint density at radius 3 is 2.13 bits per heavy atom. The number of hydrazine groups is 1. The van der Waals surface area contributed by atoms with Crippen LogP contribution in [0.5, 0.6) is 5.75 Å². The van der Waals surface area contributed by atoms with Gasteiger partial charge in [-0.1, -0.05) is 72.8 Å². The van der Waals surface area contributed by atoms with Crippen molar-refractivity contribution in [1.82, 2.24) is 15.3 Å². The Bertz CT molecular complexity index is 1140. The molecule has 200 valence electrons. The monoisotopic (exact) mass is 517 g/mol. The summed E-state index contributed by atoms with van der Waals surface area (Å²) in [5.41, 5.74) is 5.61. The average molecular weight is 518 g/mol. The molecule has 1 aliphatic rings. The summed E-state index contributed by atoms with van der Waals surface area (Å²) in [5.74, 6) is 0.835. The van der Waals surface area contributed by atoms with Gasteiger partial charge in [0.1, 0.15) is 19.0 Å². The molecule has 4 rings (SSSR count). The lowest BCUT2D eigenvalue weighted by Crippen LogP contribution is -2.57. The molecule has 1 atom stereocenters. The lowest BCUT2D eigenvalue weighted by Gasteiger charge is -2.38. The van der Waals surface area contributed by atoms with E-state index >= 15 is 0 Å². The van der Waals surface area contributed by atoms with Crippen LogP contribution in [0.25, 0.3) is 0 Å². The molecule has 1 heterocycles. The Morgan fingerprint density at radius 1 is 0.868 bits per heavy atom. The van der Waals surface area contributed by atoms with Crippen LogP contribution in [0.15, 0.2) is 84.9 Å². The lowest BCUT2D eigenvalue weighted by molar-refractivity contribution is 0.0258. The van der Waals surface area contributed by atoms with Crippen LogP contribution in [0.3, 0.4) is 0 Å². The highest BCUT2D eigenvalue weighted by Gasteiger charge is 2.31. The normalized spacial score (nSPS) is 15.3. The molecule has 0 bridgehead atoms. The maximum atomic E-state index is 13.2. The fourth-order valence-corrected chi connectivity index (χ4v) is 4.45. The van der Waals surface area contributed by atoms with Crippen LogP contribution in [0.4, 0.5) is 9.59 Å². The number of piperidine rings is 1. The van der Waals surface area contributed by atoms with E-state index in [1.807, 2.05) is 72.8 Å². The average Bonchev–Trinajstić information content (AvgIpc) is 2.98. The van der Waals surface area contributed by atoms with Gasteiger partial charge in [0.05, 0.1) is 13.2 Å². The molecule has 8 heteroatoms. The van der Waals surface area contributed by atoms with Crippen molar-refractivity contribution >= 4 is 12.2 Å². The number of hydrogen-bond acceptors (Lipinski definition) is 6. The van der Waals surface area contributed by atoms with Gasteiger partial charge in [0, 0.05) is 13.1 Å². The van der Waals surface area contributed by atoms with Gasteiger partial charge in [0.2, 0.25) is 0 Å². The Hall–Kier alpha value is -4.04. The summed E-state index contributed by atoms with van der Waals surface area (Å²) >= 11 is 0. The molecule has 0 aliphatic carbocycles. The molecule has 1 fully saturated rings. The summed E-state index contributed by atoms with van der Waals surface area (Å²) in [7, 11) is 1.66. The number of nitrogens with one attached hydrogen (secondary N) is 1. The summed E-state index contributed by atoms with van der Waals surface area (Å²) in [6.07, 6.45) is 1.23. The first-order valence-corrected chi connectivity index (χ1v) is 12.9. The second-order valence-electron chi connectivity index (χ2n) is 9.28. The Labute approximate surface area is 224 Å². The van der Waals surface area contributed by atoms with Gasteiger partial charge in [-0.2, -0.15) is 0 Å². The maximum Gasteiger partial charge on any atom is 0.429 e. The lowest BCUT2D eigenvalue weighted by atomic mass is 10.0. The van der Waals surface area contributed by atoms with Crippen molar-refractivity contribution in [3.05, 3.63) is 102 Å². The summed E-state index contributed by atoms with van der Waals surface area (Å²) in [6.45, 7) is 2.62. The molecule has 3 aromatic rings. The predicted octanol–water partition coefficient (Wildman–Crippen LogP) is 5.18. The molecule has 0 aromatic heterocycles. The number of carbonyl (C=O) groups excluding carboxylic acids is 2. The zero-order chi connectivity index (χ0) is 26.6. The smallest absolute Gasteiger partial charge is 0.429 e. The highest BCUT2D eigenvalue weighted by Crippen LogP contribution is 2.18. The number of ether oxygens (including phenoxy) is 3. The van der Waals surface area contributed by atoms with Gasteiger partial charge in [-0.05, 0) is 54.6 Å². The number of hydrogen-bond donors (Lipinski definition) is 1. The van der Waals surface area contributed by atoms with Crippen molar-refractivity contribution in [2.45, 2.75) is 38.5 Å². The molecule has 38 heavy (non-hydrogen) atoms.